The molecule has 3 heteroatoms. The Morgan fingerprint density at radius 2 is 2.41 bits per heavy atom. The molecule has 1 fully saturated rings. The van der Waals surface area contributed by atoms with E-state index in [9.17, 15) is 0 Å². The Kier molecular flexibility index (Phi) is 4.95. The molecule has 2 heterocycles. The van der Waals surface area contributed by atoms with E-state index in [0.717, 1.165) is 18.7 Å². The van der Waals surface area contributed by atoms with Crippen molar-refractivity contribution < 1.29 is 4.74 Å². The molecule has 1 N–H and O–H groups in total. The van der Waals surface area contributed by atoms with Gasteiger partial charge in [-0.25, -0.2) is 0 Å². The van der Waals surface area contributed by atoms with Crippen LogP contribution in [-0.4, -0.2) is 24.2 Å². The number of ether oxygens (including phenoxy) is 1. The number of piperidine rings is 1. The summed E-state index contributed by atoms with van der Waals surface area (Å²) in [5, 5.41) is 3.54. The zero-order valence-electron chi connectivity index (χ0n) is 10.6. The molecule has 0 amide bonds. The van der Waals surface area contributed by atoms with Crippen molar-refractivity contribution in [1.29, 1.82) is 0 Å². The van der Waals surface area contributed by atoms with Crippen LogP contribution in [0.3, 0.4) is 0 Å². The lowest BCUT2D eigenvalue weighted by Gasteiger charge is -2.24. The van der Waals surface area contributed by atoms with E-state index in [4.69, 9.17) is 4.74 Å². The first-order valence-electron chi connectivity index (χ1n) is 6.62. The average Bonchev–Trinajstić information content (AvgIpc) is 2.41. The van der Waals surface area contributed by atoms with Gasteiger partial charge in [0.2, 0.25) is 0 Å². The topological polar surface area (TPSA) is 34.1 Å². The van der Waals surface area contributed by atoms with Gasteiger partial charge in [-0.2, -0.15) is 0 Å². The Bertz CT molecular complexity index is 309. The van der Waals surface area contributed by atoms with Crippen LogP contribution >= 0.6 is 0 Å². The molecule has 0 unspecified atom stereocenters. The van der Waals surface area contributed by atoms with Gasteiger partial charge in [-0.15, -0.1) is 0 Å². The lowest BCUT2D eigenvalue weighted by atomic mass is 10.0. The van der Waals surface area contributed by atoms with Crippen molar-refractivity contribution in [3.63, 3.8) is 0 Å². The highest BCUT2D eigenvalue weighted by molar-refractivity contribution is 5.05. The monoisotopic (exact) mass is 234 g/mol. The Morgan fingerprint density at radius 1 is 1.47 bits per heavy atom. The highest BCUT2D eigenvalue weighted by Crippen LogP contribution is 2.15. The smallest absolute Gasteiger partial charge is 0.0966 e. The van der Waals surface area contributed by atoms with E-state index in [1.54, 1.807) is 0 Å². The van der Waals surface area contributed by atoms with Crippen molar-refractivity contribution in [2.75, 3.05) is 13.2 Å². The van der Waals surface area contributed by atoms with Crippen LogP contribution in [0.25, 0.3) is 0 Å². The Labute approximate surface area is 104 Å². The van der Waals surface area contributed by atoms with E-state index >= 15 is 0 Å². The molecule has 0 spiro atoms. The standard InChI is InChI=1S/C14H22N2O/c1-12(14-7-3-5-10-16-14)17-11-8-13-6-2-4-9-15-13/h3,5,7,10,12-13,15H,2,4,6,8-9,11H2,1H3/t12-,13-/m0/s1. The SMILES string of the molecule is C[C@H](OCC[C@@H]1CCCCN1)c1ccccn1. The van der Waals surface area contributed by atoms with E-state index in [-0.39, 0.29) is 6.10 Å². The molecular weight excluding hydrogens is 212 g/mol. The van der Waals surface area contributed by atoms with Crippen LogP contribution in [0.1, 0.15) is 44.4 Å². The largest absolute Gasteiger partial charge is 0.372 e. The van der Waals surface area contributed by atoms with E-state index in [0.29, 0.717) is 6.04 Å². The third-order valence-electron chi connectivity index (χ3n) is 3.35. The van der Waals surface area contributed by atoms with Crippen LogP contribution < -0.4 is 5.32 Å². The van der Waals surface area contributed by atoms with Gasteiger partial charge in [0, 0.05) is 18.8 Å². The van der Waals surface area contributed by atoms with Crippen LogP contribution in [0.2, 0.25) is 0 Å². The van der Waals surface area contributed by atoms with E-state index < -0.39 is 0 Å². The first-order valence-corrected chi connectivity index (χ1v) is 6.62. The van der Waals surface area contributed by atoms with Crippen LogP contribution in [0, 0.1) is 0 Å². The Balaban J connectivity index is 1.67. The van der Waals surface area contributed by atoms with Crippen LogP contribution in [0.4, 0.5) is 0 Å². The summed E-state index contributed by atoms with van der Waals surface area (Å²) in [7, 11) is 0. The fourth-order valence-electron chi connectivity index (χ4n) is 2.26. The minimum Gasteiger partial charge on any atom is -0.372 e. The molecule has 1 aliphatic heterocycles. The van der Waals surface area contributed by atoms with Crippen LogP contribution in [0.15, 0.2) is 24.4 Å². The molecule has 17 heavy (non-hydrogen) atoms. The van der Waals surface area contributed by atoms with E-state index in [1.165, 1.54) is 25.8 Å². The van der Waals surface area contributed by atoms with Crippen molar-refractivity contribution in [3.05, 3.63) is 30.1 Å². The zero-order valence-corrected chi connectivity index (χ0v) is 10.6. The lowest BCUT2D eigenvalue weighted by molar-refractivity contribution is 0.0546. The van der Waals surface area contributed by atoms with Crippen LogP contribution in [-0.2, 0) is 4.74 Å². The fraction of sp³-hybridized carbons (Fsp3) is 0.643. The summed E-state index contributed by atoms with van der Waals surface area (Å²) in [6.45, 7) is 4.05. The van der Waals surface area contributed by atoms with Crippen molar-refractivity contribution in [2.24, 2.45) is 0 Å². The molecule has 0 bridgehead atoms. The van der Waals surface area contributed by atoms with Gasteiger partial charge in [-0.1, -0.05) is 12.5 Å². The van der Waals surface area contributed by atoms with E-state index in [2.05, 4.69) is 17.2 Å². The number of nitrogens with zero attached hydrogens (tertiary/aromatic N) is 1. The molecule has 0 saturated carbocycles. The molecule has 94 valence electrons. The summed E-state index contributed by atoms with van der Waals surface area (Å²) < 4.78 is 5.83. The van der Waals surface area contributed by atoms with Crippen molar-refractivity contribution >= 4 is 0 Å². The van der Waals surface area contributed by atoms with Gasteiger partial charge >= 0.3 is 0 Å². The first kappa shape index (κ1) is 12.5. The quantitative estimate of drug-likeness (QED) is 0.850. The summed E-state index contributed by atoms with van der Waals surface area (Å²) in [6, 6.07) is 6.61. The van der Waals surface area contributed by atoms with Gasteiger partial charge in [0.25, 0.3) is 0 Å². The summed E-state index contributed by atoms with van der Waals surface area (Å²) in [6.07, 6.45) is 6.99. The second-order valence-electron chi connectivity index (χ2n) is 4.70. The maximum atomic E-state index is 5.83. The van der Waals surface area contributed by atoms with Crippen molar-refractivity contribution in [1.82, 2.24) is 10.3 Å². The van der Waals surface area contributed by atoms with Crippen LogP contribution in [0.5, 0.6) is 0 Å². The molecule has 3 nitrogen and oxygen atoms in total. The first-order chi connectivity index (χ1) is 8.36. The number of aromatic nitrogens is 1. The minimum absolute atomic E-state index is 0.0970. The molecule has 2 rings (SSSR count). The molecule has 1 saturated heterocycles. The summed E-state index contributed by atoms with van der Waals surface area (Å²) in [4.78, 5) is 4.30. The van der Waals surface area contributed by atoms with Crippen molar-refractivity contribution in [3.8, 4) is 0 Å². The molecule has 0 aromatic carbocycles. The molecule has 1 aliphatic rings. The number of nitrogens with one attached hydrogen (secondary N) is 1. The minimum atomic E-state index is 0.0970. The highest BCUT2D eigenvalue weighted by Gasteiger charge is 2.13. The maximum absolute atomic E-state index is 5.83. The fourth-order valence-corrected chi connectivity index (χ4v) is 2.26. The Morgan fingerprint density at radius 3 is 3.12 bits per heavy atom. The molecule has 0 radical (unpaired) electrons. The number of pyridine rings is 1. The summed E-state index contributed by atoms with van der Waals surface area (Å²) >= 11 is 0. The molecular formula is C14H22N2O. The van der Waals surface area contributed by atoms with Crippen molar-refractivity contribution in [2.45, 2.75) is 44.8 Å². The summed E-state index contributed by atoms with van der Waals surface area (Å²) in [5.74, 6) is 0. The summed E-state index contributed by atoms with van der Waals surface area (Å²) in [5.41, 5.74) is 1.02. The van der Waals surface area contributed by atoms with Gasteiger partial charge in [0.15, 0.2) is 0 Å². The van der Waals surface area contributed by atoms with E-state index in [1.807, 2.05) is 24.4 Å². The average molecular weight is 234 g/mol. The molecule has 2 atom stereocenters. The molecule has 1 aromatic rings. The van der Waals surface area contributed by atoms with Gasteiger partial charge in [-0.05, 0) is 44.9 Å². The number of hydrogen-bond acceptors (Lipinski definition) is 3. The number of rotatable bonds is 5. The Hall–Kier alpha value is -0.930. The van der Waals surface area contributed by atoms with Gasteiger partial charge in [0.05, 0.1) is 11.8 Å². The zero-order chi connectivity index (χ0) is 11.9. The highest BCUT2D eigenvalue weighted by atomic mass is 16.5. The van der Waals surface area contributed by atoms with Gasteiger partial charge in [-0.3, -0.25) is 4.98 Å². The van der Waals surface area contributed by atoms with Gasteiger partial charge < -0.3 is 10.1 Å². The number of hydrogen-bond donors (Lipinski definition) is 1. The second-order valence-corrected chi connectivity index (χ2v) is 4.70. The lowest BCUT2D eigenvalue weighted by Crippen LogP contribution is -2.34. The maximum Gasteiger partial charge on any atom is 0.0966 e. The molecule has 1 aromatic heterocycles. The predicted octanol–water partition coefficient (Wildman–Crippen LogP) is 2.69. The predicted molar refractivity (Wildman–Crippen MR) is 68.9 cm³/mol. The van der Waals surface area contributed by atoms with Gasteiger partial charge in [0.1, 0.15) is 0 Å². The third kappa shape index (κ3) is 4.10. The molecule has 0 aliphatic carbocycles. The third-order valence-corrected chi connectivity index (χ3v) is 3.35. The second kappa shape index (κ2) is 6.72. The normalized spacial score (nSPS) is 22.3.